The molecule has 4 heteroatoms. The van der Waals surface area contributed by atoms with Crippen molar-refractivity contribution >= 4 is 43.3 Å². The molecule has 2 rings (SSSR count). The van der Waals surface area contributed by atoms with Gasteiger partial charge in [-0.05, 0) is 35.6 Å². The first-order valence-corrected chi connectivity index (χ1v) is 7.94. The van der Waals surface area contributed by atoms with Gasteiger partial charge in [0.2, 0.25) is 0 Å². The van der Waals surface area contributed by atoms with Crippen molar-refractivity contribution in [3.05, 3.63) is 34.7 Å². The maximum atomic E-state index is 11.8. The molecule has 0 saturated heterocycles. The Kier molecular flexibility index (Phi) is 4.78. The molecule has 0 fully saturated rings. The molecule has 0 atom stereocenters. The van der Waals surface area contributed by atoms with Crippen LogP contribution in [0, 0.1) is 0 Å². The number of thiophene rings is 1. The summed E-state index contributed by atoms with van der Waals surface area (Å²) in [6.45, 7) is 2.59. The minimum absolute atomic E-state index is 0.204. The van der Waals surface area contributed by atoms with Gasteiger partial charge >= 0.3 is 5.97 Å². The van der Waals surface area contributed by atoms with Crippen molar-refractivity contribution in [2.24, 2.45) is 0 Å². The molecule has 0 unspecified atom stereocenters. The zero-order valence-corrected chi connectivity index (χ0v) is 12.6. The van der Waals surface area contributed by atoms with Gasteiger partial charge in [-0.25, -0.2) is 4.79 Å². The Morgan fingerprint density at radius 1 is 1.39 bits per heavy atom. The number of benzene rings is 1. The molecule has 0 aliphatic rings. The van der Waals surface area contributed by atoms with E-state index in [1.54, 1.807) is 0 Å². The fourth-order valence-corrected chi connectivity index (χ4v) is 2.94. The van der Waals surface area contributed by atoms with Gasteiger partial charge in [-0.15, -0.1) is 11.3 Å². The first-order valence-electron chi connectivity index (χ1n) is 6.00. The number of ether oxygens (including phenoxy) is 1. The maximum absolute atomic E-state index is 11.8. The minimum atomic E-state index is -0.204. The number of carbonyl (C=O) groups excluding carboxylic acids is 1. The van der Waals surface area contributed by atoms with Crippen molar-refractivity contribution in [1.82, 2.24) is 0 Å². The predicted octanol–water partition coefficient (Wildman–Crippen LogP) is 4.75. The molecule has 0 amide bonds. The molecule has 0 spiro atoms. The number of unbranched alkanes of at least 4 members (excludes halogenated alkanes) is 1. The molecule has 18 heavy (non-hydrogen) atoms. The molecule has 2 nitrogen and oxygen atoms in total. The highest BCUT2D eigenvalue weighted by molar-refractivity contribution is 9.08. The summed E-state index contributed by atoms with van der Waals surface area (Å²) < 4.78 is 6.34. The minimum Gasteiger partial charge on any atom is -0.462 e. The molecule has 0 bridgehead atoms. The Morgan fingerprint density at radius 2 is 2.22 bits per heavy atom. The van der Waals surface area contributed by atoms with Gasteiger partial charge in [-0.1, -0.05) is 35.3 Å². The summed E-state index contributed by atoms with van der Waals surface area (Å²) in [7, 11) is 0. The first-order chi connectivity index (χ1) is 8.74. The van der Waals surface area contributed by atoms with Crippen LogP contribution in [-0.2, 0) is 10.1 Å². The fraction of sp³-hybridized carbons (Fsp3) is 0.357. The lowest BCUT2D eigenvalue weighted by molar-refractivity contribution is 0.0505. The van der Waals surface area contributed by atoms with Crippen LogP contribution >= 0.6 is 27.3 Å². The van der Waals surface area contributed by atoms with Crippen LogP contribution in [0.3, 0.4) is 0 Å². The quantitative estimate of drug-likeness (QED) is 0.450. The smallest absolute Gasteiger partial charge is 0.348 e. The maximum Gasteiger partial charge on any atom is 0.348 e. The summed E-state index contributed by atoms with van der Waals surface area (Å²) in [5.41, 5.74) is 1.21. The normalized spacial score (nSPS) is 10.8. The van der Waals surface area contributed by atoms with Gasteiger partial charge in [0.15, 0.2) is 0 Å². The fourth-order valence-electron chi connectivity index (χ4n) is 1.66. The molecular weight excluding hydrogens is 312 g/mol. The third-order valence-electron chi connectivity index (χ3n) is 2.67. The van der Waals surface area contributed by atoms with E-state index in [4.69, 9.17) is 4.74 Å². The summed E-state index contributed by atoms with van der Waals surface area (Å²) in [6.07, 6.45) is 1.96. The van der Waals surface area contributed by atoms with E-state index in [-0.39, 0.29) is 5.97 Å². The molecule has 1 aromatic heterocycles. The van der Waals surface area contributed by atoms with Crippen molar-refractivity contribution in [1.29, 1.82) is 0 Å². The number of esters is 1. The van der Waals surface area contributed by atoms with E-state index in [9.17, 15) is 4.79 Å². The van der Waals surface area contributed by atoms with Crippen LogP contribution in [0.15, 0.2) is 24.3 Å². The highest BCUT2D eigenvalue weighted by Crippen LogP contribution is 2.27. The van der Waals surface area contributed by atoms with Gasteiger partial charge in [0, 0.05) is 10.0 Å². The SMILES string of the molecule is CCCCOC(=O)c1cc2cc(CBr)ccc2s1. The highest BCUT2D eigenvalue weighted by Gasteiger charge is 2.11. The number of hydrogen-bond donors (Lipinski definition) is 0. The number of carbonyl (C=O) groups is 1. The van der Waals surface area contributed by atoms with Crippen LogP contribution in [0.4, 0.5) is 0 Å². The molecule has 0 radical (unpaired) electrons. The number of halogens is 1. The Morgan fingerprint density at radius 3 is 2.94 bits per heavy atom. The van der Waals surface area contributed by atoms with Gasteiger partial charge in [0.1, 0.15) is 4.88 Å². The molecule has 96 valence electrons. The molecule has 0 saturated carbocycles. The predicted molar refractivity (Wildman–Crippen MR) is 79.6 cm³/mol. The van der Waals surface area contributed by atoms with Crippen LogP contribution in [0.25, 0.3) is 10.1 Å². The van der Waals surface area contributed by atoms with E-state index >= 15 is 0 Å². The van der Waals surface area contributed by atoms with Crippen LogP contribution < -0.4 is 0 Å². The van der Waals surface area contributed by atoms with E-state index in [1.165, 1.54) is 16.9 Å². The topological polar surface area (TPSA) is 26.3 Å². The Balaban J connectivity index is 2.16. The van der Waals surface area contributed by atoms with Crippen molar-refractivity contribution in [2.45, 2.75) is 25.1 Å². The van der Waals surface area contributed by atoms with Crippen molar-refractivity contribution in [2.75, 3.05) is 6.61 Å². The summed E-state index contributed by atoms with van der Waals surface area (Å²) in [6, 6.07) is 8.14. The summed E-state index contributed by atoms with van der Waals surface area (Å²) in [4.78, 5) is 12.5. The zero-order chi connectivity index (χ0) is 13.0. The lowest BCUT2D eigenvalue weighted by Gasteiger charge is -2.00. The summed E-state index contributed by atoms with van der Waals surface area (Å²) in [5, 5.41) is 1.94. The second-order valence-corrected chi connectivity index (χ2v) is 5.75. The lowest BCUT2D eigenvalue weighted by atomic mass is 10.2. The summed E-state index contributed by atoms with van der Waals surface area (Å²) >= 11 is 4.93. The largest absolute Gasteiger partial charge is 0.462 e. The standard InChI is InChI=1S/C14H15BrO2S/c1-2-3-6-17-14(16)13-8-11-7-10(9-15)4-5-12(11)18-13/h4-5,7-8H,2-3,6,9H2,1H3. The van der Waals surface area contributed by atoms with Gasteiger partial charge < -0.3 is 4.74 Å². The number of hydrogen-bond acceptors (Lipinski definition) is 3. The second kappa shape index (κ2) is 6.34. The monoisotopic (exact) mass is 326 g/mol. The Labute approximate surface area is 119 Å². The van der Waals surface area contributed by atoms with Crippen LogP contribution in [0.1, 0.15) is 35.0 Å². The average molecular weight is 327 g/mol. The molecule has 2 aromatic rings. The first kappa shape index (κ1) is 13.6. The molecule has 1 aromatic carbocycles. The molecule has 0 N–H and O–H groups in total. The molecule has 0 aliphatic heterocycles. The summed E-state index contributed by atoms with van der Waals surface area (Å²) in [5.74, 6) is -0.204. The third-order valence-corrected chi connectivity index (χ3v) is 4.41. The lowest BCUT2D eigenvalue weighted by Crippen LogP contribution is -2.03. The van der Waals surface area contributed by atoms with E-state index in [1.807, 2.05) is 6.07 Å². The van der Waals surface area contributed by atoms with Gasteiger partial charge in [0.05, 0.1) is 6.61 Å². The van der Waals surface area contributed by atoms with Gasteiger partial charge in [-0.3, -0.25) is 0 Å². The zero-order valence-electron chi connectivity index (χ0n) is 10.2. The van der Waals surface area contributed by atoms with Crippen LogP contribution in [0.5, 0.6) is 0 Å². The van der Waals surface area contributed by atoms with E-state index in [0.717, 1.165) is 28.3 Å². The van der Waals surface area contributed by atoms with Gasteiger partial charge in [0.25, 0.3) is 0 Å². The number of alkyl halides is 1. The highest BCUT2D eigenvalue weighted by atomic mass is 79.9. The number of rotatable bonds is 5. The number of fused-ring (bicyclic) bond motifs is 1. The van der Waals surface area contributed by atoms with Crippen LogP contribution in [0.2, 0.25) is 0 Å². The van der Waals surface area contributed by atoms with Crippen molar-refractivity contribution < 1.29 is 9.53 Å². The van der Waals surface area contributed by atoms with Crippen molar-refractivity contribution in [3.8, 4) is 0 Å². The van der Waals surface area contributed by atoms with Gasteiger partial charge in [-0.2, -0.15) is 0 Å². The Bertz CT molecular complexity index is 548. The van der Waals surface area contributed by atoms with E-state index in [0.29, 0.717) is 11.5 Å². The van der Waals surface area contributed by atoms with Crippen LogP contribution in [-0.4, -0.2) is 12.6 Å². The molecular formula is C14H15BrO2S. The second-order valence-electron chi connectivity index (χ2n) is 4.11. The molecule has 1 heterocycles. The molecule has 0 aliphatic carbocycles. The Hall–Kier alpha value is -0.870. The third kappa shape index (κ3) is 3.12. The van der Waals surface area contributed by atoms with E-state index < -0.39 is 0 Å². The average Bonchev–Trinajstić information content (AvgIpc) is 2.81. The van der Waals surface area contributed by atoms with Crippen molar-refractivity contribution in [3.63, 3.8) is 0 Å². The van der Waals surface area contributed by atoms with E-state index in [2.05, 4.69) is 41.1 Å².